The minimum absolute atomic E-state index is 0.279. The van der Waals surface area contributed by atoms with Gasteiger partial charge in [-0.15, -0.1) is 0 Å². The molecule has 19 heavy (non-hydrogen) atoms. The van der Waals surface area contributed by atoms with Gasteiger partial charge in [0.15, 0.2) is 0 Å². The van der Waals surface area contributed by atoms with Gasteiger partial charge in [0.05, 0.1) is 4.47 Å². The topological polar surface area (TPSA) is 26.0 Å². The predicted octanol–water partition coefficient (Wildman–Crippen LogP) is 4.57. The van der Waals surface area contributed by atoms with E-state index in [1.165, 1.54) is 0 Å². The first-order valence-electron chi connectivity index (χ1n) is 6.19. The summed E-state index contributed by atoms with van der Waals surface area (Å²) < 4.78 is 14.6. The standard InChI is InChI=1S/C16H17BrFN/c1-16(2,11-7-4-3-5-8-11)15(19)12-9-6-10-13(17)14(12)18/h3-10,15H,19H2,1-2H3. The molecule has 2 N–H and O–H groups in total. The molecule has 0 aliphatic heterocycles. The lowest BCUT2D eigenvalue weighted by molar-refractivity contribution is 0.406. The molecule has 0 saturated heterocycles. The van der Waals surface area contributed by atoms with Gasteiger partial charge in [0.1, 0.15) is 5.82 Å². The average Bonchev–Trinajstić information content (AvgIpc) is 2.42. The van der Waals surface area contributed by atoms with Gasteiger partial charge in [-0.2, -0.15) is 0 Å². The van der Waals surface area contributed by atoms with Crippen molar-refractivity contribution in [3.8, 4) is 0 Å². The fourth-order valence-electron chi connectivity index (χ4n) is 2.20. The van der Waals surface area contributed by atoms with E-state index in [-0.39, 0.29) is 11.2 Å². The molecule has 2 aromatic rings. The molecule has 1 atom stereocenters. The van der Waals surface area contributed by atoms with E-state index in [4.69, 9.17) is 5.73 Å². The van der Waals surface area contributed by atoms with E-state index in [1.807, 2.05) is 50.2 Å². The van der Waals surface area contributed by atoms with Crippen molar-refractivity contribution in [2.75, 3.05) is 0 Å². The summed E-state index contributed by atoms with van der Waals surface area (Å²) in [5.41, 5.74) is 7.60. The van der Waals surface area contributed by atoms with Crippen LogP contribution in [0.5, 0.6) is 0 Å². The van der Waals surface area contributed by atoms with Crippen LogP contribution in [-0.2, 0) is 5.41 Å². The number of nitrogens with two attached hydrogens (primary N) is 1. The fourth-order valence-corrected chi connectivity index (χ4v) is 2.58. The first kappa shape index (κ1) is 14.2. The van der Waals surface area contributed by atoms with Gasteiger partial charge in [-0.05, 0) is 27.6 Å². The molecule has 0 saturated carbocycles. The Balaban J connectivity index is 2.43. The molecule has 0 spiro atoms. The zero-order valence-electron chi connectivity index (χ0n) is 11.0. The van der Waals surface area contributed by atoms with Gasteiger partial charge >= 0.3 is 0 Å². The van der Waals surface area contributed by atoms with Gasteiger partial charge in [-0.3, -0.25) is 0 Å². The summed E-state index contributed by atoms with van der Waals surface area (Å²) in [7, 11) is 0. The number of benzene rings is 2. The third-order valence-corrected chi connectivity index (χ3v) is 4.22. The molecule has 2 aromatic carbocycles. The van der Waals surface area contributed by atoms with E-state index < -0.39 is 6.04 Å². The molecule has 100 valence electrons. The van der Waals surface area contributed by atoms with Crippen LogP contribution in [0.15, 0.2) is 53.0 Å². The van der Waals surface area contributed by atoms with Crippen LogP contribution in [0.3, 0.4) is 0 Å². The number of hydrogen-bond donors (Lipinski definition) is 1. The second-order valence-electron chi connectivity index (χ2n) is 5.21. The summed E-state index contributed by atoms with van der Waals surface area (Å²) in [6.45, 7) is 4.07. The third kappa shape index (κ3) is 2.72. The normalized spacial score (nSPS) is 13.3. The van der Waals surface area contributed by atoms with Crippen LogP contribution in [0.25, 0.3) is 0 Å². The Bertz CT molecular complexity index is 566. The van der Waals surface area contributed by atoms with Crippen molar-refractivity contribution in [2.24, 2.45) is 5.73 Å². The number of halogens is 2. The molecule has 0 aromatic heterocycles. The van der Waals surface area contributed by atoms with E-state index in [0.717, 1.165) is 5.56 Å². The second-order valence-corrected chi connectivity index (χ2v) is 6.06. The Morgan fingerprint density at radius 3 is 2.32 bits per heavy atom. The molecule has 2 rings (SSSR count). The van der Waals surface area contributed by atoms with E-state index in [9.17, 15) is 4.39 Å². The highest BCUT2D eigenvalue weighted by Gasteiger charge is 2.31. The van der Waals surface area contributed by atoms with Crippen molar-refractivity contribution in [1.29, 1.82) is 0 Å². The lowest BCUT2D eigenvalue weighted by Gasteiger charge is -2.33. The van der Waals surface area contributed by atoms with Gasteiger partial charge in [0, 0.05) is 17.0 Å². The minimum Gasteiger partial charge on any atom is -0.323 e. The third-order valence-electron chi connectivity index (χ3n) is 3.61. The molecule has 0 heterocycles. The molecule has 0 aliphatic carbocycles. The molecular weight excluding hydrogens is 305 g/mol. The summed E-state index contributed by atoms with van der Waals surface area (Å²) in [6.07, 6.45) is 0. The van der Waals surface area contributed by atoms with Crippen molar-refractivity contribution in [3.63, 3.8) is 0 Å². The molecule has 0 fully saturated rings. The molecule has 0 radical (unpaired) electrons. The highest BCUT2D eigenvalue weighted by molar-refractivity contribution is 9.10. The van der Waals surface area contributed by atoms with Crippen molar-refractivity contribution in [3.05, 3.63) is 69.9 Å². The Morgan fingerprint density at radius 1 is 1.05 bits per heavy atom. The molecule has 1 unspecified atom stereocenters. The lowest BCUT2D eigenvalue weighted by Crippen LogP contribution is -2.33. The summed E-state index contributed by atoms with van der Waals surface area (Å²) >= 11 is 3.21. The number of hydrogen-bond acceptors (Lipinski definition) is 1. The van der Waals surface area contributed by atoms with E-state index in [1.54, 1.807) is 12.1 Å². The largest absolute Gasteiger partial charge is 0.323 e. The summed E-state index contributed by atoms with van der Waals surface area (Å²) in [5.74, 6) is -0.279. The van der Waals surface area contributed by atoms with Crippen LogP contribution in [0.2, 0.25) is 0 Å². The fraction of sp³-hybridized carbons (Fsp3) is 0.250. The van der Waals surface area contributed by atoms with Crippen LogP contribution in [0.1, 0.15) is 31.0 Å². The maximum absolute atomic E-state index is 14.2. The van der Waals surface area contributed by atoms with Crippen molar-refractivity contribution >= 4 is 15.9 Å². The van der Waals surface area contributed by atoms with Gasteiger partial charge in [0.25, 0.3) is 0 Å². The Hall–Kier alpha value is -1.19. The van der Waals surface area contributed by atoms with Gasteiger partial charge in [-0.1, -0.05) is 56.3 Å². The average molecular weight is 322 g/mol. The highest BCUT2D eigenvalue weighted by atomic mass is 79.9. The van der Waals surface area contributed by atoms with Crippen LogP contribution >= 0.6 is 15.9 Å². The van der Waals surface area contributed by atoms with Gasteiger partial charge in [0.2, 0.25) is 0 Å². The zero-order chi connectivity index (χ0) is 14.0. The minimum atomic E-state index is -0.410. The smallest absolute Gasteiger partial charge is 0.142 e. The molecule has 0 bridgehead atoms. The Kier molecular flexibility index (Phi) is 4.07. The molecular formula is C16H17BrFN. The van der Waals surface area contributed by atoms with Crippen LogP contribution in [-0.4, -0.2) is 0 Å². The molecule has 0 aliphatic rings. The summed E-state index contributed by atoms with van der Waals surface area (Å²) in [6, 6.07) is 14.8. The monoisotopic (exact) mass is 321 g/mol. The maximum atomic E-state index is 14.2. The first-order valence-corrected chi connectivity index (χ1v) is 6.99. The van der Waals surface area contributed by atoms with Gasteiger partial charge in [-0.25, -0.2) is 4.39 Å². The quantitative estimate of drug-likeness (QED) is 0.880. The van der Waals surface area contributed by atoms with Crippen LogP contribution in [0, 0.1) is 5.82 Å². The van der Waals surface area contributed by atoms with Crippen molar-refractivity contribution in [1.82, 2.24) is 0 Å². The molecule has 1 nitrogen and oxygen atoms in total. The van der Waals surface area contributed by atoms with E-state index in [0.29, 0.717) is 10.0 Å². The SMILES string of the molecule is CC(C)(c1ccccc1)C(N)c1cccc(Br)c1F. The molecule has 3 heteroatoms. The van der Waals surface area contributed by atoms with Crippen molar-refractivity contribution in [2.45, 2.75) is 25.3 Å². The summed E-state index contributed by atoms with van der Waals surface area (Å²) in [5, 5.41) is 0. The lowest BCUT2D eigenvalue weighted by atomic mass is 9.75. The first-order chi connectivity index (χ1) is 8.94. The Labute approximate surface area is 121 Å². The van der Waals surface area contributed by atoms with Crippen LogP contribution < -0.4 is 5.73 Å². The zero-order valence-corrected chi connectivity index (χ0v) is 12.6. The van der Waals surface area contributed by atoms with E-state index in [2.05, 4.69) is 15.9 Å². The predicted molar refractivity (Wildman–Crippen MR) is 80.5 cm³/mol. The maximum Gasteiger partial charge on any atom is 0.142 e. The second kappa shape index (κ2) is 5.43. The number of rotatable bonds is 3. The van der Waals surface area contributed by atoms with Crippen molar-refractivity contribution < 1.29 is 4.39 Å². The summed E-state index contributed by atoms with van der Waals surface area (Å²) in [4.78, 5) is 0. The highest BCUT2D eigenvalue weighted by Crippen LogP contribution is 2.37. The Morgan fingerprint density at radius 2 is 1.68 bits per heavy atom. The van der Waals surface area contributed by atoms with Crippen LogP contribution in [0.4, 0.5) is 4.39 Å². The van der Waals surface area contributed by atoms with Gasteiger partial charge < -0.3 is 5.73 Å². The molecule has 0 amide bonds. The van der Waals surface area contributed by atoms with E-state index >= 15 is 0 Å².